The maximum atomic E-state index is 13.4. The standard InChI is InChI=1S/C22H15F4N5O2/c1-12-9-14(23)5-6-18(12)33-21-16(11-19(30-31-21)22(24,25)26)20(32)28-15-4-2-3-13(10-15)17-7-8-27-29-17/h2-11H,1H3,(H,27,29)(H,28,32). The smallest absolute Gasteiger partial charge is 0.435 e. The molecule has 1 amide bonds. The molecule has 0 atom stereocenters. The SMILES string of the molecule is Cc1cc(F)ccc1Oc1nnc(C(F)(F)F)cc1C(=O)Nc1cccc(-c2ccn[nH]2)c1. The highest BCUT2D eigenvalue weighted by Gasteiger charge is 2.35. The molecule has 7 nitrogen and oxygen atoms in total. The van der Waals surface area contributed by atoms with E-state index in [2.05, 4.69) is 25.7 Å². The van der Waals surface area contributed by atoms with Gasteiger partial charge in [-0.15, -0.1) is 10.2 Å². The molecule has 2 heterocycles. The molecule has 0 saturated carbocycles. The number of hydrogen-bond acceptors (Lipinski definition) is 5. The summed E-state index contributed by atoms with van der Waals surface area (Å²) >= 11 is 0. The zero-order valence-corrected chi connectivity index (χ0v) is 16.9. The Morgan fingerprint density at radius 2 is 1.88 bits per heavy atom. The van der Waals surface area contributed by atoms with Crippen LogP contribution in [-0.2, 0) is 6.18 Å². The third-order valence-electron chi connectivity index (χ3n) is 4.57. The molecule has 33 heavy (non-hydrogen) atoms. The number of halogens is 4. The molecule has 0 bridgehead atoms. The summed E-state index contributed by atoms with van der Waals surface area (Å²) in [5.74, 6) is -1.76. The summed E-state index contributed by atoms with van der Waals surface area (Å²) in [6, 6.07) is 12.5. The van der Waals surface area contributed by atoms with Crippen molar-refractivity contribution in [3.63, 3.8) is 0 Å². The Kier molecular flexibility index (Phi) is 5.78. The largest absolute Gasteiger partial charge is 0.437 e. The van der Waals surface area contributed by atoms with Gasteiger partial charge in [0.15, 0.2) is 5.69 Å². The van der Waals surface area contributed by atoms with Crippen molar-refractivity contribution in [2.75, 3.05) is 5.32 Å². The highest BCUT2D eigenvalue weighted by Crippen LogP contribution is 2.32. The minimum atomic E-state index is -4.83. The van der Waals surface area contributed by atoms with Gasteiger partial charge in [0.2, 0.25) is 0 Å². The van der Waals surface area contributed by atoms with Gasteiger partial charge in [-0.3, -0.25) is 9.89 Å². The van der Waals surface area contributed by atoms with Crippen molar-refractivity contribution in [3.8, 4) is 22.9 Å². The van der Waals surface area contributed by atoms with Gasteiger partial charge in [0.25, 0.3) is 11.8 Å². The second kappa shape index (κ2) is 8.69. The fourth-order valence-electron chi connectivity index (χ4n) is 2.97. The van der Waals surface area contributed by atoms with Crippen LogP contribution in [-0.4, -0.2) is 26.3 Å². The number of aromatic amines is 1. The van der Waals surface area contributed by atoms with Crippen molar-refractivity contribution in [1.29, 1.82) is 0 Å². The van der Waals surface area contributed by atoms with Crippen molar-refractivity contribution >= 4 is 11.6 Å². The summed E-state index contributed by atoms with van der Waals surface area (Å²) in [6.07, 6.45) is -3.27. The molecule has 4 aromatic rings. The van der Waals surface area contributed by atoms with Crippen molar-refractivity contribution in [2.24, 2.45) is 0 Å². The van der Waals surface area contributed by atoms with Crippen LogP contribution in [0.4, 0.5) is 23.2 Å². The number of H-pyrrole nitrogens is 1. The summed E-state index contributed by atoms with van der Waals surface area (Å²) < 4.78 is 58.5. The van der Waals surface area contributed by atoms with Crippen LogP contribution in [0.1, 0.15) is 21.6 Å². The Labute approximate surface area is 184 Å². The lowest BCUT2D eigenvalue weighted by Crippen LogP contribution is -2.18. The highest BCUT2D eigenvalue weighted by atomic mass is 19.4. The van der Waals surface area contributed by atoms with Crippen molar-refractivity contribution in [1.82, 2.24) is 20.4 Å². The molecule has 0 aliphatic carbocycles. The summed E-state index contributed by atoms with van der Waals surface area (Å²) in [5.41, 5.74) is 0.214. The number of hydrogen-bond donors (Lipinski definition) is 2. The number of aryl methyl sites for hydroxylation is 1. The molecule has 0 spiro atoms. The molecule has 0 saturated heterocycles. The van der Waals surface area contributed by atoms with E-state index >= 15 is 0 Å². The lowest BCUT2D eigenvalue weighted by molar-refractivity contribution is -0.141. The second-order valence-corrected chi connectivity index (χ2v) is 6.96. The molecule has 0 aliphatic heterocycles. The van der Waals surface area contributed by atoms with E-state index in [0.717, 1.165) is 6.07 Å². The van der Waals surface area contributed by atoms with E-state index in [9.17, 15) is 22.4 Å². The zero-order valence-electron chi connectivity index (χ0n) is 16.9. The number of amides is 1. The first-order chi connectivity index (χ1) is 15.7. The van der Waals surface area contributed by atoms with E-state index in [1.54, 1.807) is 36.5 Å². The molecule has 2 aromatic heterocycles. The lowest BCUT2D eigenvalue weighted by atomic mass is 10.1. The quantitative estimate of drug-likeness (QED) is 0.393. The molecule has 168 valence electrons. The number of benzene rings is 2. The fourth-order valence-corrected chi connectivity index (χ4v) is 2.97. The van der Waals surface area contributed by atoms with Crippen LogP contribution in [0.2, 0.25) is 0 Å². The van der Waals surface area contributed by atoms with Gasteiger partial charge in [0, 0.05) is 17.4 Å². The van der Waals surface area contributed by atoms with Gasteiger partial charge in [0.1, 0.15) is 17.1 Å². The average molecular weight is 457 g/mol. The molecule has 4 rings (SSSR count). The van der Waals surface area contributed by atoms with E-state index in [4.69, 9.17) is 4.74 Å². The van der Waals surface area contributed by atoms with Crippen molar-refractivity contribution < 1.29 is 27.1 Å². The minimum Gasteiger partial charge on any atom is -0.437 e. The fraction of sp³-hybridized carbons (Fsp3) is 0.0909. The summed E-state index contributed by atoms with van der Waals surface area (Å²) in [6.45, 7) is 1.54. The van der Waals surface area contributed by atoms with E-state index in [1.165, 1.54) is 19.1 Å². The number of anilines is 1. The van der Waals surface area contributed by atoms with Crippen LogP contribution < -0.4 is 10.1 Å². The predicted octanol–water partition coefficient (Wildman–Crippen LogP) is 5.38. The Morgan fingerprint density at radius 3 is 2.58 bits per heavy atom. The summed E-state index contributed by atoms with van der Waals surface area (Å²) in [7, 11) is 0. The number of nitrogens with zero attached hydrogens (tertiary/aromatic N) is 3. The number of carbonyl (C=O) groups excluding carboxylic acids is 1. The minimum absolute atomic E-state index is 0.112. The maximum absolute atomic E-state index is 13.4. The van der Waals surface area contributed by atoms with Crippen LogP contribution in [0, 0.1) is 12.7 Å². The van der Waals surface area contributed by atoms with Crippen LogP contribution in [0.3, 0.4) is 0 Å². The van der Waals surface area contributed by atoms with Crippen LogP contribution in [0.25, 0.3) is 11.3 Å². The van der Waals surface area contributed by atoms with Crippen molar-refractivity contribution in [3.05, 3.63) is 83.4 Å². The molecular weight excluding hydrogens is 442 g/mol. The summed E-state index contributed by atoms with van der Waals surface area (Å²) in [5, 5.41) is 15.8. The number of nitrogens with one attached hydrogen (secondary N) is 2. The monoisotopic (exact) mass is 457 g/mol. The van der Waals surface area contributed by atoms with Gasteiger partial charge < -0.3 is 10.1 Å². The van der Waals surface area contributed by atoms with E-state index in [0.29, 0.717) is 28.6 Å². The first-order valence-corrected chi connectivity index (χ1v) is 9.51. The molecule has 0 unspecified atom stereocenters. The van der Waals surface area contributed by atoms with Crippen LogP contribution in [0.15, 0.2) is 60.8 Å². The third kappa shape index (κ3) is 4.97. The van der Waals surface area contributed by atoms with Gasteiger partial charge in [-0.05, 0) is 55.0 Å². The Hall–Kier alpha value is -4.28. The molecule has 0 aliphatic rings. The van der Waals surface area contributed by atoms with Gasteiger partial charge in [-0.25, -0.2) is 4.39 Å². The molecule has 2 N–H and O–H groups in total. The van der Waals surface area contributed by atoms with E-state index in [1.807, 2.05) is 0 Å². The van der Waals surface area contributed by atoms with Gasteiger partial charge in [0.05, 0.1) is 5.69 Å². The number of carbonyl (C=O) groups is 1. The Balaban J connectivity index is 1.68. The molecule has 2 aromatic carbocycles. The molecular formula is C22H15F4N5O2. The predicted molar refractivity (Wildman–Crippen MR) is 110 cm³/mol. The number of aromatic nitrogens is 4. The lowest BCUT2D eigenvalue weighted by Gasteiger charge is -2.14. The molecule has 11 heteroatoms. The number of alkyl halides is 3. The van der Waals surface area contributed by atoms with Crippen LogP contribution in [0.5, 0.6) is 11.6 Å². The van der Waals surface area contributed by atoms with Gasteiger partial charge in [-0.2, -0.15) is 18.3 Å². The second-order valence-electron chi connectivity index (χ2n) is 6.96. The zero-order chi connectivity index (χ0) is 23.6. The van der Waals surface area contributed by atoms with Crippen molar-refractivity contribution in [2.45, 2.75) is 13.1 Å². The Morgan fingerprint density at radius 1 is 1.06 bits per heavy atom. The topological polar surface area (TPSA) is 92.8 Å². The number of ether oxygens (including phenoxy) is 1. The van der Waals surface area contributed by atoms with Gasteiger partial charge in [-0.1, -0.05) is 12.1 Å². The third-order valence-corrected chi connectivity index (χ3v) is 4.57. The first kappa shape index (κ1) is 21.9. The first-order valence-electron chi connectivity index (χ1n) is 9.51. The normalized spacial score (nSPS) is 11.3. The van der Waals surface area contributed by atoms with E-state index < -0.39 is 35.0 Å². The average Bonchev–Trinajstić information content (AvgIpc) is 3.30. The van der Waals surface area contributed by atoms with Gasteiger partial charge >= 0.3 is 6.18 Å². The number of rotatable bonds is 5. The van der Waals surface area contributed by atoms with E-state index in [-0.39, 0.29) is 5.75 Å². The summed E-state index contributed by atoms with van der Waals surface area (Å²) in [4.78, 5) is 12.9. The van der Waals surface area contributed by atoms with Crippen LogP contribution >= 0.6 is 0 Å². The maximum Gasteiger partial charge on any atom is 0.435 e. The highest BCUT2D eigenvalue weighted by molar-refractivity contribution is 6.06. The molecule has 0 radical (unpaired) electrons. The Bertz CT molecular complexity index is 1310. The molecule has 0 fully saturated rings.